The van der Waals surface area contributed by atoms with Gasteiger partial charge in [0.15, 0.2) is 0 Å². The van der Waals surface area contributed by atoms with Gasteiger partial charge in [-0.2, -0.15) is 0 Å². The van der Waals surface area contributed by atoms with E-state index in [2.05, 4.69) is 21.2 Å². The molecule has 1 rings (SSSR count). The van der Waals surface area contributed by atoms with E-state index >= 15 is 0 Å². The molecule has 0 aliphatic carbocycles. The molecule has 0 aromatic heterocycles. The van der Waals surface area contributed by atoms with Crippen molar-refractivity contribution in [3.8, 4) is 0 Å². The van der Waals surface area contributed by atoms with Crippen LogP contribution in [-0.2, 0) is 9.53 Å². The van der Waals surface area contributed by atoms with Gasteiger partial charge in [-0.1, -0.05) is 15.9 Å². The molecule has 1 aromatic carbocycles. The number of aryl methyl sites for hydroxylation is 1. The number of benzene rings is 1. The number of carbonyl (C=O) groups is 1. The van der Waals surface area contributed by atoms with E-state index in [4.69, 9.17) is 10.5 Å². The number of halogens is 2. The van der Waals surface area contributed by atoms with Gasteiger partial charge in [0.1, 0.15) is 6.10 Å². The summed E-state index contributed by atoms with van der Waals surface area (Å²) < 4.78 is 5.79. The number of hydrogen-bond acceptors (Lipinski definition) is 3. The lowest BCUT2D eigenvalue weighted by Gasteiger charge is -2.14. The van der Waals surface area contributed by atoms with E-state index < -0.39 is 6.10 Å². The Bertz CT molecular complexity index is 413. The van der Waals surface area contributed by atoms with Crippen LogP contribution >= 0.6 is 28.3 Å². The van der Waals surface area contributed by atoms with Gasteiger partial charge in [0.25, 0.3) is 5.91 Å². The summed E-state index contributed by atoms with van der Waals surface area (Å²) in [5.41, 5.74) is 7.94. The van der Waals surface area contributed by atoms with Gasteiger partial charge in [-0.15, -0.1) is 12.4 Å². The quantitative estimate of drug-likeness (QED) is 0.841. The van der Waals surface area contributed by atoms with Crippen molar-refractivity contribution in [2.24, 2.45) is 0 Å². The summed E-state index contributed by atoms with van der Waals surface area (Å²) in [6.07, 6.45) is -0.501. The van der Waals surface area contributed by atoms with Gasteiger partial charge in [-0.3, -0.25) is 4.79 Å². The zero-order chi connectivity index (χ0) is 12.3. The Kier molecular flexibility index (Phi) is 6.52. The average Bonchev–Trinajstić information content (AvgIpc) is 2.23. The summed E-state index contributed by atoms with van der Waals surface area (Å²) in [4.78, 5) is 11.6. The first kappa shape index (κ1) is 16.2. The number of amides is 1. The minimum atomic E-state index is -0.501. The predicted molar refractivity (Wildman–Crippen MR) is 75.6 cm³/mol. The van der Waals surface area contributed by atoms with Crippen LogP contribution in [0.25, 0.3) is 0 Å². The van der Waals surface area contributed by atoms with Crippen LogP contribution in [-0.4, -0.2) is 19.1 Å². The number of ether oxygens (including phenoxy) is 1. The van der Waals surface area contributed by atoms with E-state index in [1.54, 1.807) is 13.0 Å². The van der Waals surface area contributed by atoms with Gasteiger partial charge < -0.3 is 15.8 Å². The molecule has 1 atom stereocenters. The predicted octanol–water partition coefficient (Wildman–Crippen LogP) is 2.73. The first-order valence-corrected chi connectivity index (χ1v) is 5.64. The third-order valence-corrected chi connectivity index (χ3v) is 2.79. The topological polar surface area (TPSA) is 64.3 Å². The molecular formula is C11H16BrClN2O2. The molecule has 0 heterocycles. The number of anilines is 2. The average molecular weight is 324 g/mol. The van der Waals surface area contributed by atoms with Crippen LogP contribution in [0.1, 0.15) is 12.5 Å². The highest BCUT2D eigenvalue weighted by Gasteiger charge is 2.13. The molecule has 17 heavy (non-hydrogen) atoms. The first-order valence-electron chi connectivity index (χ1n) is 4.85. The molecule has 96 valence electrons. The lowest BCUT2D eigenvalue weighted by atomic mass is 10.1. The van der Waals surface area contributed by atoms with Gasteiger partial charge in [-0.05, 0) is 31.5 Å². The number of hydrogen-bond donors (Lipinski definition) is 2. The highest BCUT2D eigenvalue weighted by molar-refractivity contribution is 9.10. The van der Waals surface area contributed by atoms with Crippen molar-refractivity contribution >= 4 is 45.6 Å². The lowest BCUT2D eigenvalue weighted by molar-refractivity contribution is -0.124. The number of rotatable bonds is 3. The SMILES string of the molecule is COC(C)C(=O)Nc1cc(Br)cc(C)c1N.Cl. The second-order valence-corrected chi connectivity index (χ2v) is 4.47. The van der Waals surface area contributed by atoms with Gasteiger partial charge in [0, 0.05) is 11.6 Å². The summed E-state index contributed by atoms with van der Waals surface area (Å²) in [5.74, 6) is -0.216. The zero-order valence-corrected chi connectivity index (χ0v) is 12.3. The summed E-state index contributed by atoms with van der Waals surface area (Å²) in [6.45, 7) is 3.56. The molecule has 0 fully saturated rings. The molecule has 1 unspecified atom stereocenters. The van der Waals surface area contributed by atoms with Crippen LogP contribution < -0.4 is 11.1 Å². The molecule has 3 N–H and O–H groups in total. The molecular weight excluding hydrogens is 307 g/mol. The Hall–Kier alpha value is -0.780. The largest absolute Gasteiger partial charge is 0.397 e. The first-order chi connectivity index (χ1) is 7.45. The highest BCUT2D eigenvalue weighted by Crippen LogP contribution is 2.27. The fourth-order valence-electron chi connectivity index (χ4n) is 1.20. The molecule has 0 aliphatic rings. The maximum absolute atomic E-state index is 11.6. The van der Waals surface area contributed by atoms with Crippen molar-refractivity contribution < 1.29 is 9.53 Å². The number of carbonyl (C=O) groups excluding carboxylic acids is 1. The van der Waals surface area contributed by atoms with Crippen molar-refractivity contribution in [1.29, 1.82) is 0 Å². The minimum absolute atomic E-state index is 0. The second-order valence-electron chi connectivity index (χ2n) is 3.55. The van der Waals surface area contributed by atoms with Gasteiger partial charge in [-0.25, -0.2) is 0 Å². The Morgan fingerprint density at radius 1 is 1.53 bits per heavy atom. The number of nitrogens with one attached hydrogen (secondary N) is 1. The van der Waals surface area contributed by atoms with E-state index in [0.717, 1.165) is 10.0 Å². The number of nitrogens with two attached hydrogens (primary N) is 1. The van der Waals surface area contributed by atoms with Crippen molar-refractivity contribution in [3.63, 3.8) is 0 Å². The molecule has 0 spiro atoms. The Morgan fingerprint density at radius 2 is 2.12 bits per heavy atom. The summed E-state index contributed by atoms with van der Waals surface area (Å²) >= 11 is 3.35. The molecule has 0 bridgehead atoms. The Morgan fingerprint density at radius 3 is 2.65 bits per heavy atom. The van der Waals surface area contributed by atoms with E-state index in [1.807, 2.05) is 13.0 Å². The lowest BCUT2D eigenvalue weighted by Crippen LogP contribution is -2.27. The zero-order valence-electron chi connectivity index (χ0n) is 9.91. The molecule has 0 saturated heterocycles. The van der Waals surface area contributed by atoms with Gasteiger partial charge in [0.05, 0.1) is 11.4 Å². The fraction of sp³-hybridized carbons (Fsp3) is 0.364. The third kappa shape index (κ3) is 4.18. The molecule has 4 nitrogen and oxygen atoms in total. The van der Waals surface area contributed by atoms with E-state index in [1.165, 1.54) is 7.11 Å². The molecule has 6 heteroatoms. The second kappa shape index (κ2) is 6.83. The Balaban J connectivity index is 0.00000256. The van der Waals surface area contributed by atoms with E-state index in [0.29, 0.717) is 11.4 Å². The van der Waals surface area contributed by atoms with E-state index in [9.17, 15) is 4.79 Å². The summed E-state index contributed by atoms with van der Waals surface area (Å²) in [5, 5.41) is 2.72. The molecule has 1 aromatic rings. The van der Waals surface area contributed by atoms with Crippen LogP contribution in [0.3, 0.4) is 0 Å². The fourth-order valence-corrected chi connectivity index (χ4v) is 1.77. The highest BCUT2D eigenvalue weighted by atomic mass is 79.9. The maximum atomic E-state index is 11.6. The maximum Gasteiger partial charge on any atom is 0.253 e. The monoisotopic (exact) mass is 322 g/mol. The van der Waals surface area contributed by atoms with Crippen molar-refractivity contribution in [2.75, 3.05) is 18.2 Å². The van der Waals surface area contributed by atoms with E-state index in [-0.39, 0.29) is 18.3 Å². The molecule has 0 aliphatic heterocycles. The van der Waals surface area contributed by atoms with Crippen molar-refractivity contribution in [2.45, 2.75) is 20.0 Å². The van der Waals surface area contributed by atoms with Crippen molar-refractivity contribution in [1.82, 2.24) is 0 Å². The van der Waals surface area contributed by atoms with Crippen LogP contribution in [0.2, 0.25) is 0 Å². The number of nitrogen functional groups attached to an aromatic ring is 1. The minimum Gasteiger partial charge on any atom is -0.397 e. The summed E-state index contributed by atoms with van der Waals surface area (Å²) in [7, 11) is 1.49. The smallest absolute Gasteiger partial charge is 0.253 e. The van der Waals surface area contributed by atoms with Gasteiger partial charge >= 0.3 is 0 Å². The van der Waals surface area contributed by atoms with Crippen molar-refractivity contribution in [3.05, 3.63) is 22.2 Å². The third-order valence-electron chi connectivity index (χ3n) is 2.33. The van der Waals surface area contributed by atoms with Crippen LogP contribution in [0.5, 0.6) is 0 Å². The van der Waals surface area contributed by atoms with Crippen LogP contribution in [0.15, 0.2) is 16.6 Å². The molecule has 1 amide bonds. The number of methoxy groups -OCH3 is 1. The Labute approximate surface area is 115 Å². The summed E-state index contributed by atoms with van der Waals surface area (Å²) in [6, 6.07) is 3.66. The van der Waals surface area contributed by atoms with Crippen LogP contribution in [0, 0.1) is 6.92 Å². The molecule has 0 radical (unpaired) electrons. The normalized spacial score (nSPS) is 11.5. The van der Waals surface area contributed by atoms with Gasteiger partial charge in [0.2, 0.25) is 0 Å². The molecule has 0 saturated carbocycles. The standard InChI is InChI=1S/C11H15BrN2O2.ClH/c1-6-4-8(12)5-9(10(6)13)14-11(15)7(2)16-3;/h4-5,7H,13H2,1-3H3,(H,14,15);1H. The van der Waals surface area contributed by atoms with Crippen LogP contribution in [0.4, 0.5) is 11.4 Å².